The first-order valence-electron chi connectivity index (χ1n) is 20.3. The molecule has 0 aliphatic carbocycles. The Kier molecular flexibility index (Phi) is 35.0. The zero-order valence-electron chi connectivity index (χ0n) is 31.8. The third kappa shape index (κ3) is 33.8. The molecule has 0 saturated heterocycles. The number of carbonyl (C=O) groups is 3. The van der Waals surface area contributed by atoms with Crippen LogP contribution in [-0.2, 0) is 19.1 Å². The number of hydrogen-bond donors (Lipinski definition) is 3. The standard InChI is InChI=1S/C42H76N2O5/c1-3-5-7-9-11-13-14-15-16-17-18-20-22-24-30-36-41(46)49-38(32-27-23-21-19-12-10-8-6-4-2)33-28-25-26-29-35-40(45)44-39(42(47)48)34-31-37-43/h11,13,15-16,27,32,38-39H,3-10,12,14,17-26,28-31,33-37,43H2,1-2H3,(H,44,45)(H,47,48)/b13-11-,16-15-,32-27-. The molecule has 0 bridgehead atoms. The van der Waals surface area contributed by atoms with Gasteiger partial charge in [0.1, 0.15) is 12.1 Å². The SMILES string of the molecule is CCCCC/C=C\C/C=C\CCCCCCCC(=O)OC(/C=C\CCCCCCCCC)CCCCCCC(=O)NC(CCCN)C(=O)O. The Labute approximate surface area is 301 Å². The molecule has 0 aliphatic heterocycles. The fourth-order valence-electron chi connectivity index (χ4n) is 5.80. The summed E-state index contributed by atoms with van der Waals surface area (Å²) in [5, 5.41) is 11.9. The molecular formula is C42H76N2O5. The van der Waals surface area contributed by atoms with Crippen molar-refractivity contribution in [3.8, 4) is 0 Å². The number of allylic oxidation sites excluding steroid dienone is 5. The molecule has 4 N–H and O–H groups in total. The predicted octanol–water partition coefficient (Wildman–Crippen LogP) is 11.1. The molecule has 284 valence electrons. The van der Waals surface area contributed by atoms with Crippen molar-refractivity contribution < 1.29 is 24.2 Å². The van der Waals surface area contributed by atoms with Crippen molar-refractivity contribution in [2.24, 2.45) is 5.73 Å². The molecule has 0 aromatic heterocycles. The molecule has 0 aromatic carbocycles. The number of carbonyl (C=O) groups excluding carboxylic acids is 2. The molecule has 7 nitrogen and oxygen atoms in total. The van der Waals surface area contributed by atoms with Crippen LogP contribution in [0.2, 0.25) is 0 Å². The van der Waals surface area contributed by atoms with Gasteiger partial charge >= 0.3 is 11.9 Å². The van der Waals surface area contributed by atoms with Gasteiger partial charge in [-0.3, -0.25) is 9.59 Å². The Hall–Kier alpha value is -2.41. The third-order valence-corrected chi connectivity index (χ3v) is 8.91. The number of carboxylic acids is 1. The number of ether oxygens (including phenoxy) is 1. The first-order chi connectivity index (χ1) is 23.9. The Morgan fingerprint density at radius 1 is 0.612 bits per heavy atom. The second-order valence-corrected chi connectivity index (χ2v) is 13.7. The molecule has 0 radical (unpaired) electrons. The number of aliphatic carboxylic acids is 1. The highest BCUT2D eigenvalue weighted by Crippen LogP contribution is 2.15. The van der Waals surface area contributed by atoms with E-state index in [2.05, 4.69) is 55.6 Å². The van der Waals surface area contributed by atoms with Crippen molar-refractivity contribution in [1.29, 1.82) is 0 Å². The molecule has 49 heavy (non-hydrogen) atoms. The van der Waals surface area contributed by atoms with Crippen LogP contribution in [0.3, 0.4) is 0 Å². The third-order valence-electron chi connectivity index (χ3n) is 8.91. The smallest absolute Gasteiger partial charge is 0.326 e. The zero-order valence-corrected chi connectivity index (χ0v) is 31.8. The molecule has 0 fully saturated rings. The quantitative estimate of drug-likeness (QED) is 0.0342. The fourth-order valence-corrected chi connectivity index (χ4v) is 5.80. The first-order valence-corrected chi connectivity index (χ1v) is 20.3. The van der Waals surface area contributed by atoms with E-state index in [0.717, 1.165) is 64.2 Å². The molecular weight excluding hydrogens is 612 g/mol. The predicted molar refractivity (Wildman–Crippen MR) is 207 cm³/mol. The van der Waals surface area contributed by atoms with E-state index in [9.17, 15) is 19.5 Å². The highest BCUT2D eigenvalue weighted by molar-refractivity contribution is 5.83. The lowest BCUT2D eigenvalue weighted by Crippen LogP contribution is -2.40. The summed E-state index contributed by atoms with van der Waals surface area (Å²) in [4.78, 5) is 36.3. The van der Waals surface area contributed by atoms with Gasteiger partial charge in [-0.1, -0.05) is 128 Å². The summed E-state index contributed by atoms with van der Waals surface area (Å²) in [6.07, 6.45) is 41.9. The molecule has 2 atom stereocenters. The van der Waals surface area contributed by atoms with Crippen LogP contribution in [0.4, 0.5) is 0 Å². The van der Waals surface area contributed by atoms with E-state index >= 15 is 0 Å². The molecule has 7 heteroatoms. The van der Waals surface area contributed by atoms with Gasteiger partial charge in [-0.05, 0) is 96.1 Å². The van der Waals surface area contributed by atoms with Crippen molar-refractivity contribution in [2.45, 2.75) is 206 Å². The summed E-state index contributed by atoms with van der Waals surface area (Å²) in [7, 11) is 0. The average Bonchev–Trinajstić information content (AvgIpc) is 3.08. The molecule has 0 rings (SSSR count). The molecule has 1 amide bonds. The van der Waals surface area contributed by atoms with E-state index in [0.29, 0.717) is 38.6 Å². The second kappa shape index (κ2) is 36.9. The summed E-state index contributed by atoms with van der Waals surface area (Å²) in [5.41, 5.74) is 5.48. The van der Waals surface area contributed by atoms with Gasteiger partial charge in [-0.25, -0.2) is 4.79 Å². The van der Waals surface area contributed by atoms with Crippen LogP contribution >= 0.6 is 0 Å². The highest BCUT2D eigenvalue weighted by atomic mass is 16.5. The summed E-state index contributed by atoms with van der Waals surface area (Å²) < 4.78 is 5.92. The van der Waals surface area contributed by atoms with Crippen LogP contribution in [-0.4, -0.2) is 41.6 Å². The van der Waals surface area contributed by atoms with E-state index in [4.69, 9.17) is 10.5 Å². The summed E-state index contributed by atoms with van der Waals surface area (Å²) >= 11 is 0. The number of rotatable bonds is 36. The molecule has 0 heterocycles. The van der Waals surface area contributed by atoms with Crippen molar-refractivity contribution >= 4 is 17.8 Å². The van der Waals surface area contributed by atoms with Crippen LogP contribution in [0, 0.1) is 0 Å². The number of amides is 1. The van der Waals surface area contributed by atoms with Gasteiger partial charge in [0, 0.05) is 12.8 Å². The van der Waals surface area contributed by atoms with E-state index in [1.54, 1.807) is 0 Å². The maximum Gasteiger partial charge on any atom is 0.326 e. The van der Waals surface area contributed by atoms with Crippen LogP contribution in [0.25, 0.3) is 0 Å². The Morgan fingerprint density at radius 2 is 1.12 bits per heavy atom. The van der Waals surface area contributed by atoms with Gasteiger partial charge < -0.3 is 20.9 Å². The van der Waals surface area contributed by atoms with Gasteiger partial charge in [0.25, 0.3) is 0 Å². The average molecular weight is 689 g/mol. The minimum absolute atomic E-state index is 0.101. The first kappa shape index (κ1) is 46.6. The monoisotopic (exact) mass is 689 g/mol. The van der Waals surface area contributed by atoms with Crippen LogP contribution in [0.1, 0.15) is 194 Å². The summed E-state index contributed by atoms with van der Waals surface area (Å²) in [6.45, 7) is 4.89. The molecule has 2 unspecified atom stereocenters. The van der Waals surface area contributed by atoms with E-state index in [-0.39, 0.29) is 18.0 Å². The van der Waals surface area contributed by atoms with Gasteiger partial charge in [0.05, 0.1) is 0 Å². The van der Waals surface area contributed by atoms with E-state index < -0.39 is 12.0 Å². The van der Waals surface area contributed by atoms with Crippen molar-refractivity contribution in [3.05, 3.63) is 36.5 Å². The maximum atomic E-state index is 12.7. The number of hydrogen-bond acceptors (Lipinski definition) is 5. The number of esters is 1. The number of unbranched alkanes of at least 4 members (excludes halogenated alkanes) is 18. The summed E-state index contributed by atoms with van der Waals surface area (Å²) in [5.74, 6) is -1.34. The topological polar surface area (TPSA) is 119 Å². The minimum atomic E-state index is -1.02. The van der Waals surface area contributed by atoms with Gasteiger partial charge in [-0.15, -0.1) is 0 Å². The van der Waals surface area contributed by atoms with Gasteiger partial charge in [0.2, 0.25) is 5.91 Å². The number of nitrogens with two attached hydrogens (primary N) is 1. The summed E-state index contributed by atoms with van der Waals surface area (Å²) in [6, 6.07) is -0.871. The molecule has 0 spiro atoms. The normalized spacial score (nSPS) is 13.0. The fraction of sp³-hybridized carbons (Fsp3) is 0.786. The Bertz CT molecular complexity index is 869. The van der Waals surface area contributed by atoms with Crippen LogP contribution in [0.15, 0.2) is 36.5 Å². The highest BCUT2D eigenvalue weighted by Gasteiger charge is 2.19. The van der Waals surface area contributed by atoms with Crippen molar-refractivity contribution in [3.63, 3.8) is 0 Å². The zero-order chi connectivity index (χ0) is 36.0. The minimum Gasteiger partial charge on any atom is -0.480 e. The van der Waals surface area contributed by atoms with Crippen molar-refractivity contribution in [2.75, 3.05) is 6.54 Å². The molecule has 0 aromatic rings. The van der Waals surface area contributed by atoms with Gasteiger partial charge in [0.15, 0.2) is 0 Å². The lowest BCUT2D eigenvalue weighted by molar-refractivity contribution is -0.147. The number of nitrogens with one attached hydrogen (secondary N) is 1. The lowest BCUT2D eigenvalue weighted by atomic mass is 10.1. The maximum absolute atomic E-state index is 12.7. The van der Waals surface area contributed by atoms with Crippen LogP contribution in [0.5, 0.6) is 0 Å². The Balaban J connectivity index is 4.36. The second-order valence-electron chi connectivity index (χ2n) is 13.7. The largest absolute Gasteiger partial charge is 0.480 e. The van der Waals surface area contributed by atoms with Crippen molar-refractivity contribution in [1.82, 2.24) is 5.32 Å². The lowest BCUT2D eigenvalue weighted by Gasteiger charge is -2.15. The molecule has 0 saturated carbocycles. The van der Waals surface area contributed by atoms with E-state index in [1.807, 2.05) is 0 Å². The van der Waals surface area contributed by atoms with Crippen LogP contribution < -0.4 is 11.1 Å². The van der Waals surface area contributed by atoms with E-state index in [1.165, 1.54) is 83.5 Å². The number of carboxylic acid groups (broad SMARTS) is 1. The Morgan fingerprint density at radius 3 is 1.73 bits per heavy atom. The van der Waals surface area contributed by atoms with Gasteiger partial charge in [-0.2, -0.15) is 0 Å². The molecule has 0 aliphatic rings.